The van der Waals surface area contributed by atoms with Crippen molar-refractivity contribution in [3.05, 3.63) is 24.0 Å². The number of hydrogen-bond donors (Lipinski definition) is 0. The lowest BCUT2D eigenvalue weighted by Gasteiger charge is -2.36. The van der Waals surface area contributed by atoms with Crippen LogP contribution in [0.3, 0.4) is 0 Å². The lowest BCUT2D eigenvalue weighted by Crippen LogP contribution is -2.51. The van der Waals surface area contributed by atoms with Crippen molar-refractivity contribution in [2.24, 2.45) is 0 Å². The second-order valence-electron chi connectivity index (χ2n) is 4.80. The first-order valence-corrected chi connectivity index (χ1v) is 7.47. The predicted octanol–water partition coefficient (Wildman–Crippen LogP) is 0.429. The zero-order chi connectivity index (χ0) is 16.4. The van der Waals surface area contributed by atoms with Crippen LogP contribution < -0.4 is 4.18 Å². The number of ether oxygens (including phenoxy) is 1. The van der Waals surface area contributed by atoms with Gasteiger partial charge >= 0.3 is 10.5 Å². The Morgan fingerprint density at radius 1 is 1.59 bits per heavy atom. The highest BCUT2D eigenvalue weighted by Crippen LogP contribution is 2.20. The lowest BCUT2D eigenvalue weighted by molar-refractivity contribution is -0.0536. The van der Waals surface area contributed by atoms with E-state index in [1.807, 2.05) is 6.07 Å². The number of carbonyl (C=O) groups is 1. The van der Waals surface area contributed by atoms with Gasteiger partial charge in [0.05, 0.1) is 31.0 Å². The molecule has 1 aliphatic rings. The Labute approximate surface area is 126 Å². The molecule has 1 fully saturated rings. The summed E-state index contributed by atoms with van der Waals surface area (Å²) in [6.45, 7) is 2.07. The smallest absolute Gasteiger partial charge is 0.357 e. The van der Waals surface area contributed by atoms with E-state index in [0.717, 1.165) is 12.3 Å². The van der Waals surface area contributed by atoms with E-state index in [4.69, 9.17) is 10.00 Å². The number of hydrogen-bond acceptors (Lipinski definition) is 7. The van der Waals surface area contributed by atoms with Crippen LogP contribution in [0.25, 0.3) is 0 Å². The fourth-order valence-corrected chi connectivity index (χ4v) is 2.31. The van der Waals surface area contributed by atoms with Crippen LogP contribution in [-0.4, -0.2) is 49.5 Å². The molecule has 0 spiro atoms. The Bertz CT molecular complexity index is 733. The molecule has 0 saturated carbocycles. The summed E-state index contributed by atoms with van der Waals surface area (Å²) in [5.41, 5.74) is -1.10. The maximum atomic E-state index is 12.5. The minimum absolute atomic E-state index is 0.0170. The molecule has 0 aromatic carbocycles. The van der Waals surface area contributed by atoms with Gasteiger partial charge < -0.3 is 13.8 Å². The van der Waals surface area contributed by atoms with Gasteiger partial charge in [-0.1, -0.05) is 3.89 Å². The van der Waals surface area contributed by atoms with E-state index < -0.39 is 27.8 Å². The number of amides is 1. The molecule has 1 saturated heterocycles. The van der Waals surface area contributed by atoms with Gasteiger partial charge in [-0.15, -0.1) is 0 Å². The Kier molecular flexibility index (Phi) is 4.30. The summed E-state index contributed by atoms with van der Waals surface area (Å²) in [5, 5.41) is 9.04. The minimum atomic E-state index is -5.19. The Balaban J connectivity index is 2.19. The highest BCUT2D eigenvalue weighted by atomic mass is 32.3. The number of nitriles is 1. The molecular weight excluding hydrogens is 317 g/mol. The molecular formula is C12H12FN3O5S. The van der Waals surface area contributed by atoms with E-state index in [0.29, 0.717) is 0 Å². The van der Waals surface area contributed by atoms with Crippen molar-refractivity contribution in [1.82, 2.24) is 9.88 Å². The van der Waals surface area contributed by atoms with Gasteiger partial charge in [0.25, 0.3) is 5.91 Å². The molecule has 118 valence electrons. The fourth-order valence-electron chi connectivity index (χ4n) is 1.99. The van der Waals surface area contributed by atoms with E-state index >= 15 is 0 Å². The highest BCUT2D eigenvalue weighted by molar-refractivity contribution is 7.81. The van der Waals surface area contributed by atoms with Crippen molar-refractivity contribution < 1.29 is 26.0 Å². The maximum absolute atomic E-state index is 12.5. The molecule has 22 heavy (non-hydrogen) atoms. The normalized spacial score (nSPS) is 22.0. The molecule has 8 nitrogen and oxygen atoms in total. The minimum Gasteiger partial charge on any atom is -0.357 e. The van der Waals surface area contributed by atoms with E-state index in [1.165, 1.54) is 11.1 Å². The van der Waals surface area contributed by atoms with Crippen LogP contribution in [0.2, 0.25) is 0 Å². The largest absolute Gasteiger partial charge is 0.488 e. The first kappa shape index (κ1) is 16.1. The Morgan fingerprint density at radius 3 is 2.95 bits per heavy atom. The SMILES string of the molecule is CC1(C#N)CN(C(=O)c2cncc(OS(=O)(=O)F)c2)CCO1. The van der Waals surface area contributed by atoms with Crippen molar-refractivity contribution in [3.63, 3.8) is 0 Å². The number of aromatic nitrogens is 1. The van der Waals surface area contributed by atoms with E-state index in [-0.39, 0.29) is 25.3 Å². The number of halogens is 1. The number of carbonyl (C=O) groups excluding carboxylic acids is 1. The van der Waals surface area contributed by atoms with Gasteiger partial charge in [0.2, 0.25) is 0 Å². The number of pyridine rings is 1. The van der Waals surface area contributed by atoms with E-state index in [2.05, 4.69) is 9.17 Å². The molecule has 1 unspecified atom stereocenters. The van der Waals surface area contributed by atoms with Crippen molar-refractivity contribution in [2.75, 3.05) is 19.7 Å². The summed E-state index contributed by atoms with van der Waals surface area (Å²) in [6.07, 6.45) is 2.16. The van der Waals surface area contributed by atoms with Crippen LogP contribution in [0.5, 0.6) is 5.75 Å². The number of morpholine rings is 1. The third-order valence-electron chi connectivity index (χ3n) is 2.95. The van der Waals surface area contributed by atoms with Crippen LogP contribution in [0.4, 0.5) is 3.89 Å². The van der Waals surface area contributed by atoms with Crippen molar-refractivity contribution >= 4 is 16.4 Å². The topological polar surface area (TPSA) is 110 Å². The summed E-state index contributed by atoms with van der Waals surface area (Å²) in [4.78, 5) is 17.4. The summed E-state index contributed by atoms with van der Waals surface area (Å²) in [7, 11) is -5.19. The van der Waals surface area contributed by atoms with E-state index in [1.54, 1.807) is 6.92 Å². The van der Waals surface area contributed by atoms with Gasteiger partial charge in [-0.25, -0.2) is 0 Å². The molecule has 0 bridgehead atoms. The average Bonchev–Trinajstić information content (AvgIpc) is 2.45. The zero-order valence-electron chi connectivity index (χ0n) is 11.5. The average molecular weight is 329 g/mol. The second kappa shape index (κ2) is 5.86. The molecule has 0 aliphatic carbocycles. The fraction of sp³-hybridized carbons (Fsp3) is 0.417. The predicted molar refractivity (Wildman–Crippen MR) is 70.8 cm³/mol. The first-order chi connectivity index (χ1) is 10.2. The van der Waals surface area contributed by atoms with Gasteiger partial charge in [0, 0.05) is 12.7 Å². The standard InChI is InChI=1S/C12H12FN3O5S/c1-12(7-14)8-16(2-3-20-12)11(17)9-4-10(6-15-5-9)21-22(13,18)19/h4-6H,2-3,8H2,1H3. The molecule has 1 aliphatic heterocycles. The summed E-state index contributed by atoms with van der Waals surface area (Å²) < 4.78 is 42.7. The van der Waals surface area contributed by atoms with Gasteiger partial charge in [-0.3, -0.25) is 9.78 Å². The molecule has 2 heterocycles. The Hall–Kier alpha value is -2.25. The number of rotatable bonds is 3. The molecule has 1 aromatic rings. The molecule has 10 heteroatoms. The second-order valence-corrected chi connectivity index (χ2v) is 5.76. The maximum Gasteiger partial charge on any atom is 0.488 e. The first-order valence-electron chi connectivity index (χ1n) is 6.16. The van der Waals surface area contributed by atoms with E-state index in [9.17, 15) is 17.1 Å². The van der Waals surface area contributed by atoms with Crippen LogP contribution >= 0.6 is 0 Å². The molecule has 1 aromatic heterocycles. The van der Waals surface area contributed by atoms with Gasteiger partial charge in [-0.05, 0) is 13.0 Å². The third-order valence-corrected chi connectivity index (χ3v) is 3.35. The highest BCUT2D eigenvalue weighted by Gasteiger charge is 2.34. The van der Waals surface area contributed by atoms with Crippen molar-refractivity contribution in [3.8, 4) is 11.8 Å². The number of nitrogens with zero attached hydrogens (tertiary/aromatic N) is 3. The van der Waals surface area contributed by atoms with Crippen LogP contribution in [0.1, 0.15) is 17.3 Å². The lowest BCUT2D eigenvalue weighted by atomic mass is 10.1. The van der Waals surface area contributed by atoms with Gasteiger partial charge in [0.1, 0.15) is 0 Å². The Morgan fingerprint density at radius 2 is 2.32 bits per heavy atom. The summed E-state index contributed by atoms with van der Waals surface area (Å²) >= 11 is 0. The summed E-state index contributed by atoms with van der Waals surface area (Å²) in [6, 6.07) is 3.03. The van der Waals surface area contributed by atoms with Crippen molar-refractivity contribution in [1.29, 1.82) is 5.26 Å². The summed E-state index contributed by atoms with van der Waals surface area (Å²) in [5.74, 6) is -0.899. The van der Waals surface area contributed by atoms with Crippen molar-refractivity contribution in [2.45, 2.75) is 12.5 Å². The molecule has 0 radical (unpaired) electrons. The molecule has 1 amide bonds. The van der Waals surface area contributed by atoms with Crippen LogP contribution in [0.15, 0.2) is 18.5 Å². The monoisotopic (exact) mass is 329 g/mol. The van der Waals surface area contributed by atoms with Crippen LogP contribution in [0, 0.1) is 11.3 Å². The molecule has 1 atom stereocenters. The molecule has 2 rings (SSSR count). The molecule has 0 N–H and O–H groups in total. The quantitative estimate of drug-likeness (QED) is 0.739. The zero-order valence-corrected chi connectivity index (χ0v) is 12.3. The van der Waals surface area contributed by atoms with Crippen LogP contribution in [-0.2, 0) is 15.2 Å². The third kappa shape index (κ3) is 3.90. The van der Waals surface area contributed by atoms with Gasteiger partial charge in [-0.2, -0.15) is 13.7 Å². The van der Waals surface area contributed by atoms with Gasteiger partial charge in [0.15, 0.2) is 11.4 Å².